The number of benzene rings is 3. The first-order valence-electron chi connectivity index (χ1n) is 9.11. The average Bonchev–Trinajstić information content (AvgIpc) is 2.73. The topological polar surface area (TPSA) is 162 Å². The summed E-state index contributed by atoms with van der Waals surface area (Å²) in [4.78, 5) is 0. The van der Waals surface area contributed by atoms with E-state index in [2.05, 4.69) is 0 Å². The molecule has 0 saturated carbocycles. The molecule has 0 unspecified atom stereocenters. The van der Waals surface area contributed by atoms with Crippen LogP contribution in [0.5, 0.6) is 28.7 Å². The number of rotatable bonds is 4. The molecular formula is C23H26O8. The van der Waals surface area contributed by atoms with Gasteiger partial charge >= 0.3 is 0 Å². The highest BCUT2D eigenvalue weighted by Crippen LogP contribution is 2.22. The first-order chi connectivity index (χ1) is 14.7. The molecule has 8 N–H and O–H groups in total. The van der Waals surface area contributed by atoms with Crippen molar-refractivity contribution in [2.75, 3.05) is 13.2 Å². The van der Waals surface area contributed by atoms with E-state index in [1.54, 1.807) is 48.5 Å². The molecule has 8 heteroatoms. The van der Waals surface area contributed by atoms with Crippen LogP contribution in [0.2, 0.25) is 0 Å². The summed E-state index contributed by atoms with van der Waals surface area (Å²) < 4.78 is 0. The highest BCUT2D eigenvalue weighted by molar-refractivity contribution is 5.71. The molecule has 8 nitrogen and oxygen atoms in total. The molecule has 3 aromatic rings. The fraction of sp³-hybridized carbons (Fsp3) is 0.130. The molecule has 0 fully saturated rings. The molecule has 0 aliphatic heterocycles. The highest BCUT2D eigenvalue weighted by atomic mass is 16.3. The fourth-order valence-electron chi connectivity index (χ4n) is 2.04. The van der Waals surface area contributed by atoms with Crippen molar-refractivity contribution in [1.82, 2.24) is 0 Å². The van der Waals surface area contributed by atoms with Crippen molar-refractivity contribution >= 4 is 12.2 Å². The third kappa shape index (κ3) is 11.1. The number of aromatic hydroxyl groups is 5. The third-order valence-corrected chi connectivity index (χ3v) is 3.54. The van der Waals surface area contributed by atoms with Crippen LogP contribution in [0.4, 0.5) is 0 Å². The summed E-state index contributed by atoms with van der Waals surface area (Å²) in [6, 6.07) is 17.0. The summed E-state index contributed by atoms with van der Waals surface area (Å²) in [6.45, 7) is -0.729. The van der Waals surface area contributed by atoms with Crippen LogP contribution in [0, 0.1) is 0 Å². The summed E-state index contributed by atoms with van der Waals surface area (Å²) in [5.74, 6) is 0.442. The number of phenols is 5. The Labute approximate surface area is 179 Å². The summed E-state index contributed by atoms with van der Waals surface area (Å²) in [5, 5.41) is 69.0. The van der Waals surface area contributed by atoms with Crippen LogP contribution in [0.3, 0.4) is 0 Å². The SMILES string of the molecule is OCC(O)CO.Oc1ccc(C=Cc2cc(O)cc(O)c2)cc1.Oc1cccc(O)c1. The molecule has 0 atom stereocenters. The second-order valence-corrected chi connectivity index (χ2v) is 6.25. The minimum atomic E-state index is -0.954. The van der Waals surface area contributed by atoms with E-state index >= 15 is 0 Å². The lowest BCUT2D eigenvalue weighted by Crippen LogP contribution is -2.15. The van der Waals surface area contributed by atoms with Gasteiger partial charge in [0.15, 0.2) is 0 Å². The predicted octanol–water partition coefficient (Wildman–Crippen LogP) is 2.40. The average molecular weight is 430 g/mol. The molecule has 31 heavy (non-hydrogen) atoms. The Hall–Kier alpha value is -3.72. The van der Waals surface area contributed by atoms with Gasteiger partial charge in [0.05, 0.1) is 13.2 Å². The van der Waals surface area contributed by atoms with Gasteiger partial charge in [0.2, 0.25) is 0 Å². The van der Waals surface area contributed by atoms with Crippen LogP contribution < -0.4 is 0 Å². The van der Waals surface area contributed by atoms with Crippen molar-refractivity contribution in [3.05, 3.63) is 77.9 Å². The summed E-state index contributed by atoms with van der Waals surface area (Å²) in [7, 11) is 0. The van der Waals surface area contributed by atoms with Crippen LogP contribution in [0.1, 0.15) is 11.1 Å². The van der Waals surface area contributed by atoms with Gasteiger partial charge in [0, 0.05) is 12.1 Å². The molecule has 3 rings (SSSR count). The molecular weight excluding hydrogens is 404 g/mol. The largest absolute Gasteiger partial charge is 0.508 e. The lowest BCUT2D eigenvalue weighted by Gasteiger charge is -1.98. The van der Waals surface area contributed by atoms with Crippen LogP contribution in [-0.2, 0) is 0 Å². The molecule has 3 aromatic carbocycles. The van der Waals surface area contributed by atoms with Gasteiger partial charge in [0.1, 0.15) is 34.9 Å². The van der Waals surface area contributed by atoms with E-state index in [4.69, 9.17) is 30.6 Å². The fourth-order valence-corrected chi connectivity index (χ4v) is 2.04. The Bertz CT molecular complexity index is 897. The smallest absolute Gasteiger partial charge is 0.119 e. The van der Waals surface area contributed by atoms with E-state index < -0.39 is 6.10 Å². The maximum absolute atomic E-state index is 9.30. The Morgan fingerprint density at radius 2 is 1.00 bits per heavy atom. The maximum atomic E-state index is 9.30. The first kappa shape index (κ1) is 25.3. The van der Waals surface area contributed by atoms with Gasteiger partial charge in [0.25, 0.3) is 0 Å². The standard InChI is InChI=1S/C14H12O3.C6H6O2.C3H8O3/c15-12-5-3-10(4-6-12)1-2-11-7-13(16)9-14(17)8-11;7-5-2-1-3-6(8)4-5;4-1-3(6)2-5/h1-9,15-17H;1-4,7-8H;3-6H,1-2H2. The van der Waals surface area contributed by atoms with Gasteiger partial charge in [-0.15, -0.1) is 0 Å². The van der Waals surface area contributed by atoms with E-state index in [0.29, 0.717) is 5.56 Å². The van der Waals surface area contributed by atoms with Crippen molar-refractivity contribution < 1.29 is 40.9 Å². The van der Waals surface area contributed by atoms with Crippen molar-refractivity contribution in [3.63, 3.8) is 0 Å². The zero-order chi connectivity index (χ0) is 23.2. The highest BCUT2D eigenvalue weighted by Gasteiger charge is 1.96. The Balaban J connectivity index is 0.000000284. The molecule has 0 amide bonds. The van der Waals surface area contributed by atoms with E-state index in [-0.39, 0.29) is 42.0 Å². The molecule has 0 aromatic heterocycles. The molecule has 0 radical (unpaired) electrons. The number of hydrogen-bond donors (Lipinski definition) is 8. The Kier molecular flexibility index (Phi) is 11.0. The predicted molar refractivity (Wildman–Crippen MR) is 117 cm³/mol. The number of hydrogen-bond acceptors (Lipinski definition) is 8. The molecule has 0 spiro atoms. The van der Waals surface area contributed by atoms with Gasteiger partial charge in [-0.2, -0.15) is 0 Å². The molecule has 0 aliphatic rings. The van der Waals surface area contributed by atoms with E-state index in [1.165, 1.54) is 24.3 Å². The summed E-state index contributed by atoms with van der Waals surface area (Å²) >= 11 is 0. The first-order valence-corrected chi connectivity index (χ1v) is 9.11. The van der Waals surface area contributed by atoms with Gasteiger partial charge in [-0.1, -0.05) is 30.4 Å². The Morgan fingerprint density at radius 1 is 0.548 bits per heavy atom. The van der Waals surface area contributed by atoms with Crippen LogP contribution >= 0.6 is 0 Å². The number of aliphatic hydroxyl groups excluding tert-OH is 3. The molecule has 0 saturated heterocycles. The van der Waals surface area contributed by atoms with Crippen LogP contribution in [-0.4, -0.2) is 60.2 Å². The van der Waals surface area contributed by atoms with Crippen molar-refractivity contribution in [2.24, 2.45) is 0 Å². The molecule has 166 valence electrons. The van der Waals surface area contributed by atoms with Gasteiger partial charge in [-0.25, -0.2) is 0 Å². The lowest BCUT2D eigenvalue weighted by atomic mass is 10.1. The second kappa shape index (κ2) is 13.5. The minimum absolute atomic E-state index is 0.0235. The van der Waals surface area contributed by atoms with E-state index in [1.807, 2.05) is 6.08 Å². The van der Waals surface area contributed by atoms with Gasteiger partial charge < -0.3 is 40.9 Å². The maximum Gasteiger partial charge on any atom is 0.119 e. The molecule has 0 bridgehead atoms. The van der Waals surface area contributed by atoms with Crippen molar-refractivity contribution in [1.29, 1.82) is 0 Å². The van der Waals surface area contributed by atoms with Gasteiger partial charge in [-0.05, 0) is 47.5 Å². The van der Waals surface area contributed by atoms with E-state index in [0.717, 1.165) is 5.56 Å². The van der Waals surface area contributed by atoms with Crippen molar-refractivity contribution in [3.8, 4) is 28.7 Å². The van der Waals surface area contributed by atoms with Gasteiger partial charge in [-0.3, -0.25) is 0 Å². The van der Waals surface area contributed by atoms with Crippen molar-refractivity contribution in [2.45, 2.75) is 6.10 Å². The number of aliphatic hydroxyl groups is 3. The Morgan fingerprint density at radius 3 is 1.39 bits per heavy atom. The quantitative estimate of drug-likeness (QED) is 0.293. The third-order valence-electron chi connectivity index (χ3n) is 3.54. The normalized spacial score (nSPS) is 10.2. The second-order valence-electron chi connectivity index (χ2n) is 6.25. The molecule has 0 aliphatic carbocycles. The molecule has 0 heterocycles. The summed E-state index contributed by atoms with van der Waals surface area (Å²) in [5.41, 5.74) is 1.63. The van der Waals surface area contributed by atoms with Crippen LogP contribution in [0.15, 0.2) is 66.7 Å². The van der Waals surface area contributed by atoms with Crippen LogP contribution in [0.25, 0.3) is 12.2 Å². The van der Waals surface area contributed by atoms with E-state index in [9.17, 15) is 10.2 Å². The number of phenolic OH excluding ortho intramolecular Hbond substituents is 5. The minimum Gasteiger partial charge on any atom is -0.508 e. The summed E-state index contributed by atoms with van der Waals surface area (Å²) in [6.07, 6.45) is 2.64. The monoisotopic (exact) mass is 430 g/mol. The lowest BCUT2D eigenvalue weighted by molar-refractivity contribution is 0.0450. The zero-order valence-corrected chi connectivity index (χ0v) is 16.6. The zero-order valence-electron chi connectivity index (χ0n) is 16.6.